The first-order valence-corrected chi connectivity index (χ1v) is 6.80. The van der Waals surface area contributed by atoms with Crippen LogP contribution in [0.25, 0.3) is 0 Å². The maximum Gasteiger partial charge on any atom is 0.147 e. The zero-order valence-corrected chi connectivity index (χ0v) is 12.2. The fourth-order valence-corrected chi connectivity index (χ4v) is 1.79. The highest BCUT2D eigenvalue weighted by Gasteiger charge is 2.06. The van der Waals surface area contributed by atoms with Gasteiger partial charge in [0, 0.05) is 32.0 Å². The minimum Gasteiger partial charge on any atom is -0.352 e. The van der Waals surface area contributed by atoms with E-state index in [0.717, 1.165) is 30.3 Å². The smallest absolute Gasteiger partial charge is 0.147 e. The maximum absolute atomic E-state index is 4.61. The molecule has 0 aliphatic rings. The fourth-order valence-electron chi connectivity index (χ4n) is 1.79. The Morgan fingerprint density at radius 3 is 2.75 bits per heavy atom. The zero-order chi connectivity index (χ0) is 14.4. The predicted molar refractivity (Wildman–Crippen MR) is 80.4 cm³/mol. The van der Waals surface area contributed by atoms with Crippen molar-refractivity contribution in [2.45, 2.75) is 33.0 Å². The molecular weight excluding hydrogens is 250 g/mol. The molecule has 0 spiro atoms. The van der Waals surface area contributed by atoms with Gasteiger partial charge in [-0.25, -0.2) is 4.98 Å². The van der Waals surface area contributed by atoms with Gasteiger partial charge in [-0.3, -0.25) is 9.97 Å². The molecule has 2 rings (SSSR count). The zero-order valence-electron chi connectivity index (χ0n) is 12.2. The van der Waals surface area contributed by atoms with E-state index in [1.165, 1.54) is 0 Å². The largest absolute Gasteiger partial charge is 0.352 e. The monoisotopic (exact) mass is 271 g/mol. The Morgan fingerprint density at radius 1 is 1.20 bits per heavy atom. The average Bonchev–Trinajstić information content (AvgIpc) is 2.46. The van der Waals surface area contributed by atoms with Crippen LogP contribution in [0.3, 0.4) is 0 Å². The third kappa shape index (κ3) is 4.28. The van der Waals surface area contributed by atoms with Crippen LogP contribution in [0.4, 0.5) is 5.82 Å². The molecule has 20 heavy (non-hydrogen) atoms. The summed E-state index contributed by atoms with van der Waals surface area (Å²) in [5.74, 6) is 0.860. The van der Waals surface area contributed by atoms with E-state index in [1.54, 1.807) is 18.6 Å². The van der Waals surface area contributed by atoms with E-state index in [-0.39, 0.29) is 0 Å². The van der Waals surface area contributed by atoms with E-state index < -0.39 is 0 Å². The number of nitrogens with zero attached hydrogens (tertiary/aromatic N) is 4. The minimum absolute atomic E-state index is 0.437. The lowest BCUT2D eigenvalue weighted by molar-refractivity contribution is 0.580. The molecule has 2 aromatic heterocycles. The van der Waals surface area contributed by atoms with Crippen LogP contribution in [-0.2, 0) is 13.1 Å². The van der Waals surface area contributed by atoms with Crippen LogP contribution in [0.5, 0.6) is 0 Å². The van der Waals surface area contributed by atoms with Crippen LogP contribution in [0.15, 0.2) is 36.8 Å². The molecule has 5 nitrogen and oxygen atoms in total. The number of pyridine rings is 1. The van der Waals surface area contributed by atoms with Gasteiger partial charge in [0.2, 0.25) is 0 Å². The Hall–Kier alpha value is -2.01. The highest BCUT2D eigenvalue weighted by Crippen LogP contribution is 2.10. The predicted octanol–water partition coefficient (Wildman–Crippen LogP) is 2.01. The van der Waals surface area contributed by atoms with Gasteiger partial charge in [-0.1, -0.05) is 19.9 Å². The lowest BCUT2D eigenvalue weighted by Gasteiger charge is -2.18. The minimum atomic E-state index is 0.437. The molecule has 0 fully saturated rings. The second-order valence-electron chi connectivity index (χ2n) is 5.08. The molecule has 2 heterocycles. The van der Waals surface area contributed by atoms with Crippen molar-refractivity contribution in [3.8, 4) is 0 Å². The normalized spacial score (nSPS) is 10.8. The van der Waals surface area contributed by atoms with Gasteiger partial charge in [0.25, 0.3) is 0 Å². The summed E-state index contributed by atoms with van der Waals surface area (Å²) in [5.41, 5.74) is 1.96. The lowest BCUT2D eigenvalue weighted by Crippen LogP contribution is -2.24. The molecule has 0 amide bonds. The van der Waals surface area contributed by atoms with Crippen molar-refractivity contribution in [1.82, 2.24) is 20.3 Å². The summed E-state index contributed by atoms with van der Waals surface area (Å²) in [7, 11) is 2.00. The summed E-state index contributed by atoms with van der Waals surface area (Å²) in [5, 5.41) is 3.34. The van der Waals surface area contributed by atoms with Crippen LogP contribution >= 0.6 is 0 Å². The average molecular weight is 271 g/mol. The SMILES string of the molecule is CC(C)NCc1cncc(N(C)Cc2ccccn2)n1. The summed E-state index contributed by atoms with van der Waals surface area (Å²) in [4.78, 5) is 15.2. The molecule has 2 aromatic rings. The molecule has 0 atom stereocenters. The third-order valence-electron chi connectivity index (χ3n) is 2.88. The molecule has 106 valence electrons. The molecule has 1 N–H and O–H groups in total. The van der Waals surface area contributed by atoms with Crippen molar-refractivity contribution >= 4 is 5.82 Å². The molecule has 5 heteroatoms. The molecule has 0 bridgehead atoms. The topological polar surface area (TPSA) is 53.9 Å². The van der Waals surface area contributed by atoms with E-state index >= 15 is 0 Å². The maximum atomic E-state index is 4.61. The molecule has 0 saturated carbocycles. The molecule has 0 saturated heterocycles. The van der Waals surface area contributed by atoms with E-state index in [2.05, 4.69) is 34.1 Å². The molecule has 0 aliphatic carbocycles. The van der Waals surface area contributed by atoms with E-state index in [1.807, 2.05) is 30.1 Å². The number of nitrogens with one attached hydrogen (secondary N) is 1. The second-order valence-corrected chi connectivity index (χ2v) is 5.08. The number of aromatic nitrogens is 3. The highest BCUT2D eigenvalue weighted by atomic mass is 15.2. The molecule has 0 aliphatic heterocycles. The van der Waals surface area contributed by atoms with Crippen LogP contribution in [0, 0.1) is 0 Å². The van der Waals surface area contributed by atoms with Gasteiger partial charge in [0.15, 0.2) is 0 Å². The summed E-state index contributed by atoms with van der Waals surface area (Å²) >= 11 is 0. The van der Waals surface area contributed by atoms with Crippen molar-refractivity contribution < 1.29 is 0 Å². The third-order valence-corrected chi connectivity index (χ3v) is 2.88. The first-order chi connectivity index (χ1) is 9.65. The molecular formula is C15H21N5. The Bertz CT molecular complexity index is 527. The van der Waals surface area contributed by atoms with Crippen molar-refractivity contribution in [2.75, 3.05) is 11.9 Å². The first-order valence-electron chi connectivity index (χ1n) is 6.80. The van der Waals surface area contributed by atoms with Crippen molar-refractivity contribution in [2.24, 2.45) is 0 Å². The fraction of sp³-hybridized carbons (Fsp3) is 0.400. The summed E-state index contributed by atoms with van der Waals surface area (Å²) < 4.78 is 0. The standard InChI is InChI=1S/C15H21N5/c1-12(2)18-9-14-8-16-10-15(19-14)20(3)11-13-6-4-5-7-17-13/h4-8,10,12,18H,9,11H2,1-3H3. The van der Waals surface area contributed by atoms with Gasteiger partial charge in [-0.05, 0) is 12.1 Å². The van der Waals surface area contributed by atoms with E-state index in [0.29, 0.717) is 6.04 Å². The van der Waals surface area contributed by atoms with E-state index in [9.17, 15) is 0 Å². The molecule has 0 unspecified atom stereocenters. The van der Waals surface area contributed by atoms with Crippen molar-refractivity contribution in [3.05, 3.63) is 48.2 Å². The second kappa shape index (κ2) is 6.96. The van der Waals surface area contributed by atoms with Crippen LogP contribution in [-0.4, -0.2) is 28.0 Å². The summed E-state index contributed by atoms with van der Waals surface area (Å²) in [6, 6.07) is 6.35. The first kappa shape index (κ1) is 14.4. The summed E-state index contributed by atoms with van der Waals surface area (Å²) in [6.07, 6.45) is 5.38. The number of anilines is 1. The summed E-state index contributed by atoms with van der Waals surface area (Å²) in [6.45, 7) is 5.68. The van der Waals surface area contributed by atoms with Gasteiger partial charge >= 0.3 is 0 Å². The Kier molecular flexibility index (Phi) is 5.01. The highest BCUT2D eigenvalue weighted by molar-refractivity contribution is 5.35. The Morgan fingerprint density at radius 2 is 2.05 bits per heavy atom. The van der Waals surface area contributed by atoms with Gasteiger partial charge in [-0.15, -0.1) is 0 Å². The quantitative estimate of drug-likeness (QED) is 0.871. The van der Waals surface area contributed by atoms with Gasteiger partial charge < -0.3 is 10.2 Å². The van der Waals surface area contributed by atoms with Gasteiger partial charge in [0.1, 0.15) is 5.82 Å². The Balaban J connectivity index is 2.02. The van der Waals surface area contributed by atoms with Crippen LogP contribution in [0.2, 0.25) is 0 Å². The lowest BCUT2D eigenvalue weighted by atomic mass is 10.3. The number of rotatable bonds is 6. The Labute approximate surface area is 120 Å². The molecule has 0 aromatic carbocycles. The number of hydrogen-bond acceptors (Lipinski definition) is 5. The van der Waals surface area contributed by atoms with Gasteiger partial charge in [0.05, 0.1) is 24.1 Å². The van der Waals surface area contributed by atoms with Crippen LogP contribution < -0.4 is 10.2 Å². The van der Waals surface area contributed by atoms with E-state index in [4.69, 9.17) is 0 Å². The van der Waals surface area contributed by atoms with Gasteiger partial charge in [-0.2, -0.15) is 0 Å². The van der Waals surface area contributed by atoms with Crippen LogP contribution in [0.1, 0.15) is 25.2 Å². The van der Waals surface area contributed by atoms with Crippen molar-refractivity contribution in [3.63, 3.8) is 0 Å². The number of hydrogen-bond donors (Lipinski definition) is 1. The van der Waals surface area contributed by atoms with Crippen molar-refractivity contribution in [1.29, 1.82) is 0 Å². The molecule has 0 radical (unpaired) electrons.